The lowest BCUT2D eigenvalue weighted by Crippen LogP contribution is -2.47. The lowest BCUT2D eigenvalue weighted by Gasteiger charge is -2.33. The van der Waals surface area contributed by atoms with Gasteiger partial charge in [0.2, 0.25) is 0 Å². The zero-order valence-electron chi connectivity index (χ0n) is 11.6. The number of fused-ring (bicyclic) bond motifs is 1. The second-order valence-electron chi connectivity index (χ2n) is 5.28. The Hall–Kier alpha value is -1.14. The van der Waals surface area contributed by atoms with Crippen LogP contribution in [-0.4, -0.2) is 53.6 Å². The molecule has 1 fully saturated rings. The van der Waals surface area contributed by atoms with Crippen molar-refractivity contribution in [3.8, 4) is 0 Å². The average Bonchev–Trinajstić information content (AvgIpc) is 2.78. The molecular weight excluding hydrogens is 308 g/mol. The van der Waals surface area contributed by atoms with Gasteiger partial charge in [-0.05, 0) is 6.07 Å². The van der Waals surface area contributed by atoms with Crippen LogP contribution in [0.3, 0.4) is 0 Å². The maximum atomic E-state index is 10.7. The fourth-order valence-electron chi connectivity index (χ4n) is 2.67. The van der Waals surface area contributed by atoms with Gasteiger partial charge in [0.05, 0.1) is 11.6 Å². The summed E-state index contributed by atoms with van der Waals surface area (Å²) in [4.78, 5) is 16.2. The molecule has 0 amide bonds. The number of aliphatic carboxylic acids is 1. The molecule has 1 aliphatic rings. The highest BCUT2D eigenvalue weighted by molar-refractivity contribution is 7.19. The van der Waals surface area contributed by atoms with Crippen LogP contribution in [0.15, 0.2) is 24.3 Å². The zero-order valence-corrected chi connectivity index (χ0v) is 13.2. The molecule has 3 rings (SSSR count). The van der Waals surface area contributed by atoms with E-state index in [0.717, 1.165) is 43.1 Å². The highest BCUT2D eigenvalue weighted by Crippen LogP contribution is 2.35. The van der Waals surface area contributed by atoms with E-state index in [4.69, 9.17) is 16.7 Å². The average molecular weight is 325 g/mol. The van der Waals surface area contributed by atoms with Crippen molar-refractivity contribution in [1.82, 2.24) is 9.80 Å². The van der Waals surface area contributed by atoms with Crippen LogP contribution in [0.5, 0.6) is 0 Å². The lowest BCUT2D eigenvalue weighted by atomic mass is 10.2. The largest absolute Gasteiger partial charge is 0.480 e. The highest BCUT2D eigenvalue weighted by Gasteiger charge is 2.20. The second kappa shape index (κ2) is 6.32. The highest BCUT2D eigenvalue weighted by atomic mass is 35.5. The molecule has 1 N–H and O–H groups in total. The monoisotopic (exact) mass is 324 g/mol. The van der Waals surface area contributed by atoms with Gasteiger partial charge in [0.1, 0.15) is 0 Å². The van der Waals surface area contributed by atoms with Crippen LogP contribution in [0, 0.1) is 0 Å². The number of thiophene rings is 1. The third-order valence-corrected chi connectivity index (χ3v) is 5.49. The molecule has 1 aromatic heterocycles. The van der Waals surface area contributed by atoms with Gasteiger partial charge in [-0.15, -0.1) is 11.3 Å². The first-order valence-electron chi connectivity index (χ1n) is 6.96. The number of hydrogen-bond donors (Lipinski definition) is 1. The Morgan fingerprint density at radius 2 is 1.86 bits per heavy atom. The molecule has 1 saturated heterocycles. The van der Waals surface area contributed by atoms with Gasteiger partial charge in [0.25, 0.3) is 0 Å². The van der Waals surface area contributed by atoms with Crippen molar-refractivity contribution in [2.45, 2.75) is 6.54 Å². The van der Waals surface area contributed by atoms with Crippen molar-refractivity contribution in [1.29, 1.82) is 0 Å². The van der Waals surface area contributed by atoms with E-state index in [9.17, 15) is 4.79 Å². The smallest absolute Gasteiger partial charge is 0.317 e. The summed E-state index contributed by atoms with van der Waals surface area (Å²) in [6, 6.07) is 8.20. The Morgan fingerprint density at radius 1 is 1.19 bits per heavy atom. The number of rotatable bonds is 4. The summed E-state index contributed by atoms with van der Waals surface area (Å²) >= 11 is 8.22. The molecule has 0 atom stereocenters. The summed E-state index contributed by atoms with van der Waals surface area (Å²) in [5.41, 5.74) is 0. The van der Waals surface area contributed by atoms with Gasteiger partial charge in [0, 0.05) is 47.7 Å². The molecule has 4 nitrogen and oxygen atoms in total. The first-order chi connectivity index (χ1) is 10.1. The Bertz CT molecular complexity index is 650. The molecular formula is C15H17ClN2O2S. The first-order valence-corrected chi connectivity index (χ1v) is 8.15. The third-order valence-electron chi connectivity index (χ3n) is 3.79. The summed E-state index contributed by atoms with van der Waals surface area (Å²) in [6.07, 6.45) is 0. The third kappa shape index (κ3) is 3.37. The summed E-state index contributed by atoms with van der Waals surface area (Å²) in [6.45, 7) is 4.36. The van der Waals surface area contributed by atoms with Crippen molar-refractivity contribution < 1.29 is 9.90 Å². The van der Waals surface area contributed by atoms with Crippen molar-refractivity contribution >= 4 is 39.0 Å². The molecule has 0 spiro atoms. The van der Waals surface area contributed by atoms with E-state index in [1.54, 1.807) is 11.3 Å². The number of carboxylic acids is 1. The predicted molar refractivity (Wildman–Crippen MR) is 86.2 cm³/mol. The van der Waals surface area contributed by atoms with E-state index in [1.807, 2.05) is 17.0 Å². The summed E-state index contributed by atoms with van der Waals surface area (Å²) in [7, 11) is 0. The summed E-state index contributed by atoms with van der Waals surface area (Å²) in [5.74, 6) is -0.754. The first kappa shape index (κ1) is 14.8. The van der Waals surface area contributed by atoms with E-state index in [1.165, 1.54) is 9.58 Å². The van der Waals surface area contributed by atoms with Gasteiger partial charge in [-0.3, -0.25) is 14.6 Å². The van der Waals surface area contributed by atoms with Crippen molar-refractivity contribution in [3.63, 3.8) is 0 Å². The Kier molecular flexibility index (Phi) is 4.45. The molecule has 0 aliphatic carbocycles. The van der Waals surface area contributed by atoms with Crippen LogP contribution in [-0.2, 0) is 11.3 Å². The van der Waals surface area contributed by atoms with Gasteiger partial charge in [-0.1, -0.05) is 29.8 Å². The topological polar surface area (TPSA) is 43.8 Å². The van der Waals surface area contributed by atoms with Gasteiger partial charge in [-0.2, -0.15) is 0 Å². The van der Waals surface area contributed by atoms with Crippen molar-refractivity contribution in [2.24, 2.45) is 0 Å². The fraction of sp³-hybridized carbons (Fsp3) is 0.400. The second-order valence-corrected chi connectivity index (χ2v) is 6.80. The number of benzene rings is 1. The molecule has 0 bridgehead atoms. The fourth-order valence-corrected chi connectivity index (χ4v) is 4.20. The molecule has 0 radical (unpaired) electrons. The van der Waals surface area contributed by atoms with Crippen LogP contribution in [0.4, 0.5) is 0 Å². The minimum Gasteiger partial charge on any atom is -0.480 e. The van der Waals surface area contributed by atoms with Crippen LogP contribution < -0.4 is 0 Å². The molecule has 0 saturated carbocycles. The van der Waals surface area contributed by atoms with Gasteiger partial charge < -0.3 is 5.11 Å². The number of halogens is 1. The molecule has 6 heteroatoms. The van der Waals surface area contributed by atoms with Gasteiger partial charge in [-0.25, -0.2) is 0 Å². The van der Waals surface area contributed by atoms with Crippen LogP contribution in [0.1, 0.15) is 4.88 Å². The molecule has 0 unspecified atom stereocenters. The molecule has 21 heavy (non-hydrogen) atoms. The minimum atomic E-state index is -0.754. The predicted octanol–water partition coefficient (Wildman–Crippen LogP) is 2.76. The molecule has 112 valence electrons. The maximum Gasteiger partial charge on any atom is 0.317 e. The maximum absolute atomic E-state index is 10.7. The number of nitrogens with zero attached hydrogens (tertiary/aromatic N) is 2. The van der Waals surface area contributed by atoms with Crippen LogP contribution in [0.25, 0.3) is 10.1 Å². The van der Waals surface area contributed by atoms with Crippen molar-refractivity contribution in [3.05, 3.63) is 34.2 Å². The van der Waals surface area contributed by atoms with Crippen molar-refractivity contribution in [2.75, 3.05) is 32.7 Å². The molecule has 2 heterocycles. The Balaban J connectivity index is 1.64. The molecule has 1 aliphatic heterocycles. The van der Waals surface area contributed by atoms with E-state index in [2.05, 4.69) is 17.0 Å². The van der Waals surface area contributed by atoms with E-state index < -0.39 is 5.97 Å². The van der Waals surface area contributed by atoms with Crippen LogP contribution in [0.2, 0.25) is 5.02 Å². The number of piperazine rings is 1. The molecule has 1 aromatic carbocycles. The Labute approximate surface area is 132 Å². The number of hydrogen-bond acceptors (Lipinski definition) is 4. The van der Waals surface area contributed by atoms with E-state index in [0.29, 0.717) is 0 Å². The zero-order chi connectivity index (χ0) is 14.8. The summed E-state index contributed by atoms with van der Waals surface area (Å²) in [5, 5.41) is 10.8. The lowest BCUT2D eigenvalue weighted by molar-refractivity contribution is -0.138. The SMILES string of the molecule is O=C(O)CN1CCN(Cc2sc3ccccc3c2Cl)CC1. The normalized spacial score (nSPS) is 17.4. The van der Waals surface area contributed by atoms with Crippen LogP contribution >= 0.6 is 22.9 Å². The number of carboxylic acid groups (broad SMARTS) is 1. The molecule has 2 aromatic rings. The van der Waals surface area contributed by atoms with Gasteiger partial charge in [0.15, 0.2) is 0 Å². The number of carbonyl (C=O) groups is 1. The minimum absolute atomic E-state index is 0.136. The standard InChI is InChI=1S/C15H17ClN2O2S/c16-15-11-3-1-2-4-12(11)21-13(15)9-17-5-7-18(8-6-17)10-14(19)20/h1-4H,5-10H2,(H,19,20). The van der Waals surface area contributed by atoms with E-state index in [-0.39, 0.29) is 6.54 Å². The Morgan fingerprint density at radius 3 is 2.52 bits per heavy atom. The van der Waals surface area contributed by atoms with E-state index >= 15 is 0 Å². The quantitative estimate of drug-likeness (QED) is 0.939. The summed E-state index contributed by atoms with van der Waals surface area (Å²) < 4.78 is 1.22. The van der Waals surface area contributed by atoms with Gasteiger partial charge >= 0.3 is 5.97 Å².